The van der Waals surface area contributed by atoms with Crippen LogP contribution in [0.5, 0.6) is 0 Å². The average molecular weight is 509 g/mol. The van der Waals surface area contributed by atoms with E-state index in [1.54, 1.807) is 11.3 Å². The molecule has 0 amide bonds. The molecule has 0 spiro atoms. The largest absolute Gasteiger partial charge is 0.378 e. The molecule has 0 radical (unpaired) electrons. The number of aromatic nitrogens is 1. The Bertz CT molecular complexity index is 518. The van der Waals surface area contributed by atoms with Crippen molar-refractivity contribution in [1.29, 1.82) is 0 Å². The van der Waals surface area contributed by atoms with Crippen molar-refractivity contribution >= 4 is 41.3 Å². The van der Waals surface area contributed by atoms with Crippen molar-refractivity contribution in [2.45, 2.75) is 77.7 Å². The zero-order valence-electron chi connectivity index (χ0n) is 17.0. The van der Waals surface area contributed by atoms with E-state index in [9.17, 15) is 0 Å². The van der Waals surface area contributed by atoms with E-state index in [1.165, 1.54) is 38.5 Å². The van der Waals surface area contributed by atoms with Crippen LogP contribution in [0.2, 0.25) is 0 Å². The molecule has 1 fully saturated rings. The van der Waals surface area contributed by atoms with Crippen molar-refractivity contribution < 1.29 is 4.74 Å². The minimum absolute atomic E-state index is 0. The fourth-order valence-corrected chi connectivity index (χ4v) is 3.88. The van der Waals surface area contributed by atoms with E-state index in [1.807, 2.05) is 6.92 Å². The molecule has 0 saturated heterocycles. The van der Waals surface area contributed by atoms with Crippen molar-refractivity contribution in [2.75, 3.05) is 26.2 Å². The Labute approximate surface area is 186 Å². The van der Waals surface area contributed by atoms with Crippen LogP contribution < -0.4 is 10.6 Å². The monoisotopic (exact) mass is 508 g/mol. The van der Waals surface area contributed by atoms with Crippen LogP contribution in [-0.4, -0.2) is 43.3 Å². The van der Waals surface area contributed by atoms with Gasteiger partial charge in [-0.15, -0.1) is 35.3 Å². The number of thiazole rings is 1. The van der Waals surface area contributed by atoms with E-state index in [-0.39, 0.29) is 24.0 Å². The van der Waals surface area contributed by atoms with Crippen molar-refractivity contribution in [3.63, 3.8) is 0 Å². The summed E-state index contributed by atoms with van der Waals surface area (Å²) in [5, 5.41) is 9.99. The number of hydrogen-bond acceptors (Lipinski definition) is 4. The third kappa shape index (κ3) is 11.2. The van der Waals surface area contributed by atoms with Crippen molar-refractivity contribution in [1.82, 2.24) is 15.6 Å². The zero-order chi connectivity index (χ0) is 18.5. The average Bonchev–Trinajstić information content (AvgIpc) is 3.07. The molecule has 1 aromatic rings. The summed E-state index contributed by atoms with van der Waals surface area (Å²) in [4.78, 5) is 9.17. The first-order valence-corrected chi connectivity index (χ1v) is 11.2. The first kappa shape index (κ1) is 24.6. The van der Waals surface area contributed by atoms with Gasteiger partial charge in [0.15, 0.2) is 5.96 Å². The molecule has 0 aromatic carbocycles. The number of nitrogens with one attached hydrogen (secondary N) is 2. The number of guanidine groups is 1. The Morgan fingerprint density at radius 2 is 2.04 bits per heavy atom. The van der Waals surface area contributed by atoms with Gasteiger partial charge in [-0.2, -0.15) is 0 Å². The van der Waals surface area contributed by atoms with Gasteiger partial charge in [0.25, 0.3) is 0 Å². The molecular weight excluding hydrogens is 471 g/mol. The van der Waals surface area contributed by atoms with Gasteiger partial charge in [0, 0.05) is 38.0 Å². The van der Waals surface area contributed by atoms with Gasteiger partial charge in [-0.05, 0) is 46.0 Å². The van der Waals surface area contributed by atoms with Gasteiger partial charge in [-0.3, -0.25) is 4.99 Å². The van der Waals surface area contributed by atoms with E-state index in [0.29, 0.717) is 6.10 Å². The number of rotatable bonds is 11. The maximum atomic E-state index is 5.98. The van der Waals surface area contributed by atoms with Crippen molar-refractivity contribution in [2.24, 2.45) is 4.99 Å². The predicted molar refractivity (Wildman–Crippen MR) is 127 cm³/mol. The Kier molecular flexibility index (Phi) is 14.1. The van der Waals surface area contributed by atoms with Gasteiger partial charge in [-0.1, -0.05) is 19.3 Å². The molecule has 7 heteroatoms. The maximum absolute atomic E-state index is 5.98. The molecule has 0 unspecified atom stereocenters. The van der Waals surface area contributed by atoms with E-state index < -0.39 is 0 Å². The van der Waals surface area contributed by atoms with Crippen LogP contribution in [-0.2, 0) is 11.2 Å². The predicted octanol–water partition coefficient (Wildman–Crippen LogP) is 4.69. The van der Waals surface area contributed by atoms with Crippen LogP contribution in [0, 0.1) is 6.92 Å². The Morgan fingerprint density at radius 1 is 1.22 bits per heavy atom. The Morgan fingerprint density at radius 3 is 2.74 bits per heavy atom. The molecule has 0 atom stereocenters. The SMILES string of the molecule is CCNC(=NCCCCCOC1CCCCC1)NCCc1csc(C)n1.I. The molecule has 5 nitrogen and oxygen atoms in total. The third-order valence-electron chi connectivity index (χ3n) is 4.66. The molecule has 1 aliphatic carbocycles. The van der Waals surface area contributed by atoms with E-state index in [2.05, 4.69) is 32.9 Å². The second kappa shape index (κ2) is 15.5. The molecular formula is C20H37IN4OS. The first-order chi connectivity index (χ1) is 12.8. The summed E-state index contributed by atoms with van der Waals surface area (Å²) < 4.78 is 5.98. The molecule has 0 bridgehead atoms. The highest BCUT2D eigenvalue weighted by molar-refractivity contribution is 14.0. The fourth-order valence-electron chi connectivity index (χ4n) is 3.24. The highest BCUT2D eigenvalue weighted by Gasteiger charge is 2.12. The highest BCUT2D eigenvalue weighted by atomic mass is 127. The topological polar surface area (TPSA) is 58.5 Å². The summed E-state index contributed by atoms with van der Waals surface area (Å²) >= 11 is 1.71. The van der Waals surface area contributed by atoms with Crippen LogP contribution in [0.3, 0.4) is 0 Å². The molecule has 0 aliphatic heterocycles. The van der Waals surface area contributed by atoms with Gasteiger partial charge in [-0.25, -0.2) is 4.98 Å². The summed E-state index contributed by atoms with van der Waals surface area (Å²) in [6.45, 7) is 7.69. The Hall–Kier alpha value is -0.410. The summed E-state index contributed by atoms with van der Waals surface area (Å²) in [5.41, 5.74) is 1.16. The second-order valence-corrected chi connectivity index (χ2v) is 8.05. The molecule has 2 rings (SSSR count). The van der Waals surface area contributed by atoms with E-state index in [0.717, 1.165) is 62.2 Å². The number of hydrogen-bond donors (Lipinski definition) is 2. The normalized spacial score (nSPS) is 15.4. The molecule has 27 heavy (non-hydrogen) atoms. The van der Waals surface area contributed by atoms with E-state index in [4.69, 9.17) is 4.74 Å². The van der Waals surface area contributed by atoms with Crippen LogP contribution in [0.1, 0.15) is 69.0 Å². The fraction of sp³-hybridized carbons (Fsp3) is 0.800. The number of ether oxygens (including phenoxy) is 1. The minimum Gasteiger partial charge on any atom is -0.378 e. The number of halogens is 1. The van der Waals surface area contributed by atoms with Crippen LogP contribution >= 0.6 is 35.3 Å². The van der Waals surface area contributed by atoms with Gasteiger partial charge in [0.2, 0.25) is 0 Å². The standard InChI is InChI=1S/C20H36N4OS.HI/c1-3-21-20(23-14-12-18-16-26-17(2)24-18)22-13-8-5-9-15-25-19-10-6-4-7-11-19;/h16,19H,3-15H2,1-2H3,(H2,21,22,23);1H. The van der Waals surface area contributed by atoms with E-state index >= 15 is 0 Å². The Balaban J connectivity index is 0.00000364. The summed E-state index contributed by atoms with van der Waals surface area (Å²) in [6.07, 6.45) is 11.6. The number of aliphatic imine (C=N–C) groups is 1. The zero-order valence-corrected chi connectivity index (χ0v) is 20.1. The highest BCUT2D eigenvalue weighted by Crippen LogP contribution is 2.20. The molecule has 156 valence electrons. The van der Waals surface area contributed by atoms with Crippen LogP contribution in [0.15, 0.2) is 10.4 Å². The van der Waals surface area contributed by atoms with Crippen LogP contribution in [0.25, 0.3) is 0 Å². The lowest BCUT2D eigenvalue weighted by Crippen LogP contribution is -2.38. The molecule has 1 saturated carbocycles. The van der Waals surface area contributed by atoms with Crippen molar-refractivity contribution in [3.8, 4) is 0 Å². The quantitative estimate of drug-likeness (QED) is 0.197. The third-order valence-corrected chi connectivity index (χ3v) is 5.48. The molecule has 1 heterocycles. The summed E-state index contributed by atoms with van der Waals surface area (Å²) in [7, 11) is 0. The summed E-state index contributed by atoms with van der Waals surface area (Å²) in [6, 6.07) is 0. The van der Waals surface area contributed by atoms with Gasteiger partial charge < -0.3 is 15.4 Å². The summed E-state index contributed by atoms with van der Waals surface area (Å²) in [5.74, 6) is 0.915. The molecule has 2 N–H and O–H groups in total. The lowest BCUT2D eigenvalue weighted by Gasteiger charge is -2.21. The number of nitrogens with zero attached hydrogens (tertiary/aromatic N) is 2. The second-order valence-electron chi connectivity index (χ2n) is 6.99. The number of aryl methyl sites for hydroxylation is 1. The van der Waals surface area contributed by atoms with Crippen LogP contribution in [0.4, 0.5) is 0 Å². The lowest BCUT2D eigenvalue weighted by molar-refractivity contribution is 0.0264. The van der Waals surface area contributed by atoms with Gasteiger partial charge in [0.05, 0.1) is 16.8 Å². The first-order valence-electron chi connectivity index (χ1n) is 10.3. The molecule has 1 aromatic heterocycles. The van der Waals surface area contributed by atoms with Gasteiger partial charge >= 0.3 is 0 Å². The van der Waals surface area contributed by atoms with Crippen molar-refractivity contribution in [3.05, 3.63) is 16.1 Å². The lowest BCUT2D eigenvalue weighted by atomic mass is 9.98. The molecule has 1 aliphatic rings. The smallest absolute Gasteiger partial charge is 0.191 e. The minimum atomic E-state index is 0. The number of unbranched alkanes of at least 4 members (excludes halogenated alkanes) is 2. The maximum Gasteiger partial charge on any atom is 0.191 e. The van der Waals surface area contributed by atoms with Gasteiger partial charge in [0.1, 0.15) is 0 Å².